The second-order valence-electron chi connectivity index (χ2n) is 6.51. The normalized spacial score (nSPS) is 11.6. The lowest BCUT2D eigenvalue weighted by atomic mass is 10.2. The van der Waals surface area contributed by atoms with E-state index in [0.717, 1.165) is 11.6 Å². The number of hydrogen-bond donors (Lipinski definition) is 1. The molecule has 4 rings (SSSR count). The monoisotopic (exact) mass is 436 g/mol. The van der Waals surface area contributed by atoms with Gasteiger partial charge in [-0.2, -0.15) is 10.2 Å². The third-order valence-electron chi connectivity index (χ3n) is 4.30. The van der Waals surface area contributed by atoms with Crippen LogP contribution in [0.5, 0.6) is 0 Å². The van der Waals surface area contributed by atoms with E-state index in [2.05, 4.69) is 20.5 Å². The molecule has 0 saturated carbocycles. The van der Waals surface area contributed by atoms with Gasteiger partial charge in [-0.15, -0.1) is 0 Å². The van der Waals surface area contributed by atoms with E-state index in [0.29, 0.717) is 22.8 Å². The van der Waals surface area contributed by atoms with Crippen LogP contribution in [0.2, 0.25) is 0 Å². The van der Waals surface area contributed by atoms with Crippen molar-refractivity contribution in [2.75, 3.05) is 5.32 Å². The molecule has 3 aromatic heterocycles. The molecular weight excluding hydrogens is 423 g/mol. The lowest BCUT2D eigenvalue weighted by Gasteiger charge is -2.06. The quantitative estimate of drug-likeness (QED) is 0.459. The number of hydrogen-bond acceptors (Lipinski definition) is 4. The van der Waals surface area contributed by atoms with Crippen LogP contribution in [0.15, 0.2) is 48.8 Å². The number of fused-ring (bicyclic) bond motifs is 1. The van der Waals surface area contributed by atoms with Crippen LogP contribution in [0, 0.1) is 5.82 Å². The summed E-state index contributed by atoms with van der Waals surface area (Å²) in [5.74, 6) is -1.12. The Morgan fingerprint density at radius 3 is 2.48 bits per heavy atom. The number of nitrogens with zero attached hydrogens (tertiary/aromatic N) is 5. The van der Waals surface area contributed by atoms with E-state index in [-0.39, 0.29) is 17.2 Å². The van der Waals surface area contributed by atoms with Crippen molar-refractivity contribution in [2.24, 2.45) is 0 Å². The van der Waals surface area contributed by atoms with Gasteiger partial charge in [0.25, 0.3) is 18.8 Å². The summed E-state index contributed by atoms with van der Waals surface area (Å²) >= 11 is 0. The molecule has 0 aliphatic rings. The smallest absolute Gasteiger partial charge is 0.280 e. The number of nitrogens with one attached hydrogen (secondary N) is 1. The molecule has 0 saturated heterocycles. The van der Waals surface area contributed by atoms with Crippen LogP contribution >= 0.6 is 0 Å². The predicted molar refractivity (Wildman–Crippen MR) is 98.6 cm³/mol. The van der Waals surface area contributed by atoms with E-state index in [4.69, 9.17) is 0 Å². The molecule has 1 amide bonds. The largest absolute Gasteiger partial charge is 0.318 e. The van der Waals surface area contributed by atoms with E-state index in [1.54, 1.807) is 12.1 Å². The molecule has 0 fully saturated rings. The highest BCUT2D eigenvalue weighted by Gasteiger charge is 2.22. The van der Waals surface area contributed by atoms with E-state index in [1.807, 2.05) is 0 Å². The Balaban J connectivity index is 1.54. The van der Waals surface area contributed by atoms with Crippen LogP contribution in [-0.4, -0.2) is 30.3 Å². The Morgan fingerprint density at radius 2 is 1.81 bits per heavy atom. The van der Waals surface area contributed by atoms with Crippen molar-refractivity contribution < 1.29 is 26.7 Å². The number of benzene rings is 1. The zero-order valence-corrected chi connectivity index (χ0v) is 15.5. The molecule has 31 heavy (non-hydrogen) atoms. The number of anilines is 1. The van der Waals surface area contributed by atoms with Crippen LogP contribution in [0.1, 0.15) is 40.3 Å². The Hall–Kier alpha value is -3.83. The average Bonchev–Trinajstić information content (AvgIpc) is 3.35. The maximum Gasteiger partial charge on any atom is 0.280 e. The molecule has 12 heteroatoms. The summed E-state index contributed by atoms with van der Waals surface area (Å²) < 4.78 is 67.5. The van der Waals surface area contributed by atoms with Crippen LogP contribution < -0.4 is 5.32 Å². The fourth-order valence-corrected chi connectivity index (χ4v) is 2.88. The third-order valence-corrected chi connectivity index (χ3v) is 4.30. The summed E-state index contributed by atoms with van der Waals surface area (Å²) in [4.78, 5) is 16.0. The number of rotatable bonds is 6. The van der Waals surface area contributed by atoms with Gasteiger partial charge in [0.15, 0.2) is 11.3 Å². The molecule has 4 aromatic rings. The Kier molecular flexibility index (Phi) is 5.36. The number of carbonyl (C=O) groups is 1. The lowest BCUT2D eigenvalue weighted by Crippen LogP contribution is -2.12. The minimum absolute atomic E-state index is 0.285. The molecule has 0 aliphatic carbocycles. The zero-order valence-electron chi connectivity index (χ0n) is 15.5. The number of carbonyl (C=O) groups excluding carboxylic acids is 1. The number of aromatic nitrogens is 5. The van der Waals surface area contributed by atoms with Crippen LogP contribution in [-0.2, 0) is 6.54 Å². The van der Waals surface area contributed by atoms with E-state index in [1.165, 1.54) is 29.2 Å². The second kappa shape index (κ2) is 8.13. The summed E-state index contributed by atoms with van der Waals surface area (Å²) in [6.45, 7) is 0.322. The van der Waals surface area contributed by atoms with Crippen molar-refractivity contribution >= 4 is 17.2 Å². The van der Waals surface area contributed by atoms with Crippen molar-refractivity contribution in [1.82, 2.24) is 24.4 Å². The third kappa shape index (κ3) is 4.37. The lowest BCUT2D eigenvalue weighted by molar-refractivity contribution is 0.102. The highest BCUT2D eigenvalue weighted by atomic mass is 19.3. The van der Waals surface area contributed by atoms with Gasteiger partial charge in [0.2, 0.25) is 0 Å². The van der Waals surface area contributed by atoms with E-state index >= 15 is 0 Å². The summed E-state index contributed by atoms with van der Waals surface area (Å²) in [7, 11) is 0. The standard InChI is InChI=1S/C19H13F5N6O/c20-11-3-1-10(2-4-11)8-29-9-12(7-25-29)26-19(31)14-6-16-27-13(17(21)22)5-15(18(23)24)30(16)28-14/h1-7,9,17-18H,8H2,(H,26,31). The van der Waals surface area contributed by atoms with Gasteiger partial charge in [0.05, 0.1) is 18.4 Å². The Labute approximate surface area is 171 Å². The number of amides is 1. The average molecular weight is 436 g/mol. The summed E-state index contributed by atoms with van der Waals surface area (Å²) in [6.07, 6.45) is -3.28. The molecule has 0 aliphatic heterocycles. The Morgan fingerprint density at radius 1 is 1.06 bits per heavy atom. The molecule has 7 nitrogen and oxygen atoms in total. The summed E-state index contributed by atoms with van der Waals surface area (Å²) in [5, 5.41) is 10.3. The maximum absolute atomic E-state index is 13.2. The first-order valence-corrected chi connectivity index (χ1v) is 8.85. The molecule has 1 aromatic carbocycles. The molecule has 0 bridgehead atoms. The van der Waals surface area contributed by atoms with Gasteiger partial charge in [0, 0.05) is 12.3 Å². The first-order valence-electron chi connectivity index (χ1n) is 8.85. The van der Waals surface area contributed by atoms with Crippen LogP contribution in [0.4, 0.5) is 27.6 Å². The van der Waals surface area contributed by atoms with E-state index in [9.17, 15) is 26.7 Å². The van der Waals surface area contributed by atoms with Crippen LogP contribution in [0.3, 0.4) is 0 Å². The van der Waals surface area contributed by atoms with Crippen molar-refractivity contribution in [3.8, 4) is 0 Å². The van der Waals surface area contributed by atoms with Gasteiger partial charge >= 0.3 is 0 Å². The van der Waals surface area contributed by atoms with Crippen molar-refractivity contribution in [3.05, 3.63) is 77.3 Å². The van der Waals surface area contributed by atoms with Crippen molar-refractivity contribution in [1.29, 1.82) is 0 Å². The number of alkyl halides is 4. The molecule has 0 atom stereocenters. The van der Waals surface area contributed by atoms with E-state index < -0.39 is 30.1 Å². The minimum atomic E-state index is -3.09. The van der Waals surface area contributed by atoms with Crippen molar-refractivity contribution in [2.45, 2.75) is 19.4 Å². The van der Waals surface area contributed by atoms with Crippen molar-refractivity contribution in [3.63, 3.8) is 0 Å². The maximum atomic E-state index is 13.2. The van der Waals surface area contributed by atoms with Crippen LogP contribution in [0.25, 0.3) is 5.65 Å². The molecule has 3 heterocycles. The fraction of sp³-hybridized carbons (Fsp3) is 0.158. The summed E-state index contributed by atoms with van der Waals surface area (Å²) in [5.41, 5.74) is -1.15. The molecule has 0 radical (unpaired) electrons. The highest BCUT2D eigenvalue weighted by molar-refractivity contribution is 6.03. The van der Waals surface area contributed by atoms with Gasteiger partial charge in [-0.05, 0) is 23.8 Å². The zero-order chi connectivity index (χ0) is 22.1. The first-order chi connectivity index (χ1) is 14.8. The molecule has 0 spiro atoms. The van der Waals surface area contributed by atoms with Gasteiger partial charge in [-0.1, -0.05) is 12.1 Å². The highest BCUT2D eigenvalue weighted by Crippen LogP contribution is 2.25. The Bertz CT molecular complexity index is 1230. The minimum Gasteiger partial charge on any atom is -0.318 e. The molecule has 160 valence electrons. The van der Waals surface area contributed by atoms with Gasteiger partial charge in [-0.25, -0.2) is 31.5 Å². The molecular formula is C19H13F5N6O. The van der Waals surface area contributed by atoms with Gasteiger partial charge in [-0.3, -0.25) is 9.48 Å². The fourth-order valence-electron chi connectivity index (χ4n) is 2.88. The molecule has 0 unspecified atom stereocenters. The SMILES string of the molecule is O=C(Nc1cnn(Cc2ccc(F)cc2)c1)c1cc2nc(C(F)F)cc(C(F)F)n2n1. The molecule has 1 N–H and O–H groups in total. The van der Waals surface area contributed by atoms with Gasteiger partial charge in [0.1, 0.15) is 17.2 Å². The number of halogens is 5. The first kappa shape index (κ1) is 20.4. The summed E-state index contributed by atoms with van der Waals surface area (Å²) in [6, 6.07) is 7.39. The second-order valence-corrected chi connectivity index (χ2v) is 6.51. The van der Waals surface area contributed by atoms with Gasteiger partial charge < -0.3 is 5.32 Å². The predicted octanol–water partition coefficient (Wildman–Crippen LogP) is 4.24. The topological polar surface area (TPSA) is 77.1 Å².